The number of alkyl halides is 4. The number of rotatable bonds is 2. The Hall–Kier alpha value is -0.780. The van der Waals surface area contributed by atoms with Crippen LogP contribution in [-0.4, -0.2) is 0 Å². The van der Waals surface area contributed by atoms with Crippen molar-refractivity contribution in [1.29, 1.82) is 0 Å². The topological polar surface area (TPSA) is 0 Å². The molecule has 108 valence electrons. The lowest BCUT2D eigenvalue weighted by molar-refractivity contribution is -0.137. The summed E-state index contributed by atoms with van der Waals surface area (Å²) in [6, 6.07) is 3.84. The third kappa shape index (κ3) is 3.10. The molecular weight excluding hydrogens is 335 g/mol. The quantitative estimate of drug-likeness (QED) is 0.450. The fourth-order valence-corrected chi connectivity index (χ4v) is 3.25. The zero-order valence-electron chi connectivity index (χ0n) is 10.1. The van der Waals surface area contributed by atoms with Crippen LogP contribution in [0.25, 0.3) is 0 Å². The summed E-state index contributed by atoms with van der Waals surface area (Å²) < 4.78 is 52.2. The molecule has 0 aliphatic carbocycles. The van der Waals surface area contributed by atoms with Crippen LogP contribution in [0, 0.1) is 12.7 Å². The standard InChI is InChI=1S/C13H8Cl2F4S/c1-6-4-10(20-12(6)15)11(14)8-5-7(13(17,18)19)2-3-9(8)16/h2-5,11H,1H3. The number of hydrogen-bond donors (Lipinski definition) is 0. The van der Waals surface area contributed by atoms with Gasteiger partial charge in [0.1, 0.15) is 5.82 Å². The van der Waals surface area contributed by atoms with Crippen LogP contribution < -0.4 is 0 Å². The van der Waals surface area contributed by atoms with Crippen molar-refractivity contribution in [3.05, 3.63) is 56.0 Å². The Labute approximate surface area is 126 Å². The lowest BCUT2D eigenvalue weighted by atomic mass is 10.1. The van der Waals surface area contributed by atoms with Gasteiger partial charge in [-0.05, 0) is 36.8 Å². The second-order valence-electron chi connectivity index (χ2n) is 4.20. The maximum atomic E-state index is 13.7. The molecular formula is C13H8Cl2F4S. The average Bonchev–Trinajstić information content (AvgIpc) is 2.68. The van der Waals surface area contributed by atoms with Crippen LogP contribution in [0.15, 0.2) is 24.3 Å². The number of halogens is 6. The summed E-state index contributed by atoms with van der Waals surface area (Å²) in [5, 5.41) is -1.01. The van der Waals surface area contributed by atoms with Gasteiger partial charge in [0.25, 0.3) is 0 Å². The number of benzene rings is 1. The Bertz CT molecular complexity index is 614. The lowest BCUT2D eigenvalue weighted by Gasteiger charge is -2.13. The molecule has 0 N–H and O–H groups in total. The molecule has 0 amide bonds. The molecule has 0 aliphatic rings. The second-order valence-corrected chi connectivity index (χ2v) is 6.32. The monoisotopic (exact) mass is 342 g/mol. The summed E-state index contributed by atoms with van der Waals surface area (Å²) in [5.41, 5.74) is -0.386. The van der Waals surface area contributed by atoms with Crippen molar-refractivity contribution < 1.29 is 17.6 Å². The van der Waals surface area contributed by atoms with Gasteiger partial charge in [-0.25, -0.2) is 4.39 Å². The fourth-order valence-electron chi connectivity index (χ4n) is 1.68. The minimum absolute atomic E-state index is 0.209. The predicted octanol–water partition coefficient (Wildman–Crippen LogP) is 6.20. The van der Waals surface area contributed by atoms with Gasteiger partial charge in [-0.15, -0.1) is 22.9 Å². The minimum atomic E-state index is -4.54. The van der Waals surface area contributed by atoms with Crippen LogP contribution in [0.4, 0.5) is 17.6 Å². The van der Waals surface area contributed by atoms with Crippen molar-refractivity contribution >= 4 is 34.5 Å². The van der Waals surface area contributed by atoms with Gasteiger partial charge in [0.2, 0.25) is 0 Å². The van der Waals surface area contributed by atoms with E-state index in [0.29, 0.717) is 15.3 Å². The molecule has 0 saturated carbocycles. The molecule has 0 radical (unpaired) electrons. The molecule has 20 heavy (non-hydrogen) atoms. The summed E-state index contributed by atoms with van der Waals surface area (Å²) in [4.78, 5) is 0.507. The third-order valence-electron chi connectivity index (χ3n) is 2.72. The van der Waals surface area contributed by atoms with Gasteiger partial charge in [-0.1, -0.05) is 11.6 Å². The zero-order chi connectivity index (χ0) is 15.1. The van der Waals surface area contributed by atoms with Crippen molar-refractivity contribution in [3.63, 3.8) is 0 Å². The van der Waals surface area contributed by atoms with Crippen molar-refractivity contribution in [3.8, 4) is 0 Å². The first-order valence-corrected chi connectivity index (χ1v) is 7.10. The van der Waals surface area contributed by atoms with Gasteiger partial charge < -0.3 is 0 Å². The number of hydrogen-bond acceptors (Lipinski definition) is 1. The largest absolute Gasteiger partial charge is 0.416 e. The summed E-state index contributed by atoms with van der Waals surface area (Å²) in [6.45, 7) is 1.74. The van der Waals surface area contributed by atoms with Crippen LogP contribution in [0.5, 0.6) is 0 Å². The summed E-state index contributed by atoms with van der Waals surface area (Å²) >= 11 is 13.1. The first-order chi connectivity index (χ1) is 9.20. The van der Waals surface area contributed by atoms with Crippen molar-refractivity contribution in [1.82, 2.24) is 0 Å². The highest BCUT2D eigenvalue weighted by Gasteiger charge is 2.32. The van der Waals surface area contributed by atoms with Gasteiger partial charge in [0.05, 0.1) is 15.3 Å². The first-order valence-electron chi connectivity index (χ1n) is 5.46. The first kappa shape index (κ1) is 15.6. The van der Waals surface area contributed by atoms with Gasteiger partial charge in [-0.2, -0.15) is 13.2 Å². The summed E-state index contributed by atoms with van der Waals surface area (Å²) in [7, 11) is 0. The van der Waals surface area contributed by atoms with Crippen LogP contribution in [-0.2, 0) is 6.18 Å². The lowest BCUT2D eigenvalue weighted by Crippen LogP contribution is -2.07. The zero-order valence-corrected chi connectivity index (χ0v) is 12.4. The Kier molecular flexibility index (Phi) is 4.33. The summed E-state index contributed by atoms with van der Waals surface area (Å²) in [5.74, 6) is -0.778. The maximum absolute atomic E-state index is 13.7. The molecule has 1 aromatic heterocycles. The van der Waals surface area contributed by atoms with Gasteiger partial charge in [0, 0.05) is 10.4 Å². The molecule has 1 unspecified atom stereocenters. The second kappa shape index (κ2) is 5.54. The Morgan fingerprint density at radius 1 is 1.20 bits per heavy atom. The molecule has 0 bridgehead atoms. The highest BCUT2D eigenvalue weighted by Crippen LogP contribution is 2.40. The molecule has 0 spiro atoms. The van der Waals surface area contributed by atoms with Crippen LogP contribution in [0.2, 0.25) is 4.34 Å². The van der Waals surface area contributed by atoms with Crippen LogP contribution in [0.3, 0.4) is 0 Å². The van der Waals surface area contributed by atoms with Crippen LogP contribution in [0.1, 0.15) is 26.9 Å². The van der Waals surface area contributed by atoms with Crippen LogP contribution >= 0.6 is 34.5 Å². The van der Waals surface area contributed by atoms with Gasteiger partial charge >= 0.3 is 6.18 Å². The predicted molar refractivity (Wildman–Crippen MR) is 73.2 cm³/mol. The Balaban J connectivity index is 2.46. The molecule has 2 aromatic rings. The van der Waals surface area contributed by atoms with Crippen molar-refractivity contribution in [2.45, 2.75) is 18.5 Å². The summed E-state index contributed by atoms with van der Waals surface area (Å²) in [6.07, 6.45) is -4.54. The van der Waals surface area contributed by atoms with E-state index in [9.17, 15) is 17.6 Å². The normalized spacial score (nSPS) is 13.6. The smallest absolute Gasteiger partial charge is 0.207 e. The van der Waals surface area contributed by atoms with Gasteiger partial charge in [0.15, 0.2) is 0 Å². The average molecular weight is 343 g/mol. The van der Waals surface area contributed by atoms with E-state index < -0.39 is 22.9 Å². The molecule has 1 heterocycles. The van der Waals surface area contributed by atoms with E-state index in [-0.39, 0.29) is 5.56 Å². The highest BCUT2D eigenvalue weighted by atomic mass is 35.5. The molecule has 0 aliphatic heterocycles. The van der Waals surface area contributed by atoms with Crippen molar-refractivity contribution in [2.75, 3.05) is 0 Å². The van der Waals surface area contributed by atoms with E-state index in [1.807, 2.05) is 0 Å². The third-order valence-corrected chi connectivity index (χ3v) is 4.94. The molecule has 0 fully saturated rings. The molecule has 2 rings (SSSR count). The van der Waals surface area contributed by atoms with E-state index in [4.69, 9.17) is 23.2 Å². The maximum Gasteiger partial charge on any atom is 0.416 e. The molecule has 7 heteroatoms. The van der Waals surface area contributed by atoms with Crippen molar-refractivity contribution in [2.24, 2.45) is 0 Å². The number of aryl methyl sites for hydroxylation is 1. The van der Waals surface area contributed by atoms with E-state index in [1.54, 1.807) is 13.0 Å². The highest BCUT2D eigenvalue weighted by molar-refractivity contribution is 7.16. The fraction of sp³-hybridized carbons (Fsp3) is 0.231. The molecule has 1 aromatic carbocycles. The number of thiophene rings is 1. The van der Waals surface area contributed by atoms with E-state index >= 15 is 0 Å². The van der Waals surface area contributed by atoms with E-state index in [2.05, 4.69) is 0 Å². The molecule has 1 atom stereocenters. The molecule has 0 nitrogen and oxygen atoms in total. The van der Waals surface area contributed by atoms with Gasteiger partial charge in [-0.3, -0.25) is 0 Å². The Morgan fingerprint density at radius 2 is 1.85 bits per heavy atom. The molecule has 0 saturated heterocycles. The Morgan fingerprint density at radius 3 is 2.35 bits per heavy atom. The minimum Gasteiger partial charge on any atom is -0.207 e. The van der Waals surface area contributed by atoms with E-state index in [0.717, 1.165) is 29.0 Å². The van der Waals surface area contributed by atoms with E-state index in [1.165, 1.54) is 0 Å². The SMILES string of the molecule is Cc1cc(C(Cl)c2cc(C(F)(F)F)ccc2F)sc1Cl.